The summed E-state index contributed by atoms with van der Waals surface area (Å²) in [5, 5.41) is 2.56. The van der Waals surface area contributed by atoms with Gasteiger partial charge in [-0.1, -0.05) is 30.3 Å². The summed E-state index contributed by atoms with van der Waals surface area (Å²) in [5.41, 5.74) is 1.77. The molecule has 0 atom stereocenters. The summed E-state index contributed by atoms with van der Waals surface area (Å²) in [6.45, 7) is 0. The molecule has 1 fully saturated rings. The largest absolute Gasteiger partial charge is 0.465 e. The van der Waals surface area contributed by atoms with Crippen LogP contribution in [0.15, 0.2) is 60.3 Å². The molecule has 1 heterocycles. The molecule has 2 aromatic carbocycles. The van der Waals surface area contributed by atoms with Gasteiger partial charge in [-0.15, -0.1) is 0 Å². The summed E-state index contributed by atoms with van der Waals surface area (Å²) in [4.78, 5) is 37.0. The minimum absolute atomic E-state index is 0.176. The highest BCUT2D eigenvalue weighted by molar-refractivity contribution is 6.28. The number of nitrogens with zero attached hydrogens (tertiary/aromatic N) is 1. The lowest BCUT2D eigenvalue weighted by atomic mass is 10.1. The van der Waals surface area contributed by atoms with Crippen LogP contribution in [0.4, 0.5) is 10.5 Å². The molecule has 0 aromatic heterocycles. The Hall–Kier alpha value is -3.41. The Morgan fingerprint density at radius 2 is 1.71 bits per heavy atom. The first-order valence-electron chi connectivity index (χ1n) is 7.20. The monoisotopic (exact) mass is 322 g/mol. The van der Waals surface area contributed by atoms with E-state index in [1.807, 2.05) is 6.07 Å². The van der Waals surface area contributed by atoms with Crippen molar-refractivity contribution in [2.75, 3.05) is 12.0 Å². The van der Waals surface area contributed by atoms with Gasteiger partial charge in [0.05, 0.1) is 18.4 Å². The zero-order chi connectivity index (χ0) is 17.1. The SMILES string of the molecule is COC(=O)c1ccc(/C=C2\NC(=O)N(c3ccccc3)C2=O)cc1. The van der Waals surface area contributed by atoms with E-state index in [1.54, 1.807) is 54.6 Å². The van der Waals surface area contributed by atoms with Gasteiger partial charge in [0.25, 0.3) is 5.91 Å². The number of carbonyl (C=O) groups excluding carboxylic acids is 3. The van der Waals surface area contributed by atoms with Crippen LogP contribution in [0.3, 0.4) is 0 Å². The summed E-state index contributed by atoms with van der Waals surface area (Å²) in [5.74, 6) is -0.863. The lowest BCUT2D eigenvalue weighted by Crippen LogP contribution is -2.30. The number of ether oxygens (including phenoxy) is 1. The van der Waals surface area contributed by atoms with Crippen LogP contribution in [0, 0.1) is 0 Å². The lowest BCUT2D eigenvalue weighted by Gasteiger charge is -2.10. The molecule has 1 aliphatic rings. The summed E-state index contributed by atoms with van der Waals surface area (Å²) >= 11 is 0. The van der Waals surface area contributed by atoms with Crippen molar-refractivity contribution in [3.8, 4) is 0 Å². The highest BCUT2D eigenvalue weighted by Crippen LogP contribution is 2.21. The second kappa shape index (κ2) is 6.37. The van der Waals surface area contributed by atoms with Crippen LogP contribution < -0.4 is 10.2 Å². The maximum atomic E-state index is 12.4. The molecule has 3 amide bonds. The maximum Gasteiger partial charge on any atom is 0.337 e. The number of carbonyl (C=O) groups is 3. The van der Waals surface area contributed by atoms with Gasteiger partial charge >= 0.3 is 12.0 Å². The molecule has 6 heteroatoms. The highest BCUT2D eigenvalue weighted by Gasteiger charge is 2.34. The number of imide groups is 1. The Morgan fingerprint density at radius 1 is 1.04 bits per heavy atom. The van der Waals surface area contributed by atoms with E-state index in [9.17, 15) is 14.4 Å². The lowest BCUT2D eigenvalue weighted by molar-refractivity contribution is -0.113. The van der Waals surface area contributed by atoms with E-state index in [0.29, 0.717) is 16.8 Å². The topological polar surface area (TPSA) is 75.7 Å². The van der Waals surface area contributed by atoms with Gasteiger partial charge in [-0.2, -0.15) is 0 Å². The number of benzene rings is 2. The molecule has 0 bridgehead atoms. The number of hydrogen-bond acceptors (Lipinski definition) is 4. The van der Waals surface area contributed by atoms with Crippen molar-refractivity contribution in [2.24, 2.45) is 0 Å². The fraction of sp³-hybridized carbons (Fsp3) is 0.0556. The predicted octanol–water partition coefficient (Wildman–Crippen LogP) is 2.57. The molecule has 0 aliphatic carbocycles. The van der Waals surface area contributed by atoms with E-state index in [1.165, 1.54) is 7.11 Å². The first-order chi connectivity index (χ1) is 11.6. The van der Waals surface area contributed by atoms with Gasteiger partial charge in [-0.05, 0) is 35.9 Å². The fourth-order valence-electron chi connectivity index (χ4n) is 2.35. The summed E-state index contributed by atoms with van der Waals surface area (Å²) in [7, 11) is 1.31. The number of rotatable bonds is 3. The molecule has 0 saturated carbocycles. The molecule has 120 valence electrons. The molecular weight excluding hydrogens is 308 g/mol. The number of para-hydroxylation sites is 1. The van der Waals surface area contributed by atoms with Crippen molar-refractivity contribution in [3.05, 3.63) is 71.4 Å². The van der Waals surface area contributed by atoms with Gasteiger partial charge in [0.2, 0.25) is 0 Å². The van der Waals surface area contributed by atoms with Crippen LogP contribution in [0.1, 0.15) is 15.9 Å². The van der Waals surface area contributed by atoms with Crippen LogP contribution in [0.5, 0.6) is 0 Å². The van der Waals surface area contributed by atoms with E-state index in [2.05, 4.69) is 10.1 Å². The van der Waals surface area contributed by atoms with E-state index < -0.39 is 17.9 Å². The Bertz CT molecular complexity index is 826. The van der Waals surface area contributed by atoms with Crippen molar-refractivity contribution < 1.29 is 19.1 Å². The Labute approximate surface area is 138 Å². The van der Waals surface area contributed by atoms with Crippen molar-refractivity contribution in [1.82, 2.24) is 5.32 Å². The molecule has 24 heavy (non-hydrogen) atoms. The third-order valence-corrected chi connectivity index (χ3v) is 3.54. The van der Waals surface area contributed by atoms with E-state index >= 15 is 0 Å². The van der Waals surface area contributed by atoms with Gasteiger partial charge in [0.1, 0.15) is 5.70 Å². The molecular formula is C18H14N2O4. The van der Waals surface area contributed by atoms with Crippen LogP contribution >= 0.6 is 0 Å². The zero-order valence-corrected chi connectivity index (χ0v) is 12.9. The van der Waals surface area contributed by atoms with Crippen LogP contribution in [-0.4, -0.2) is 25.0 Å². The summed E-state index contributed by atoms with van der Waals surface area (Å²) < 4.78 is 4.63. The first-order valence-corrected chi connectivity index (χ1v) is 7.20. The first kappa shape index (κ1) is 15.5. The van der Waals surface area contributed by atoms with Crippen LogP contribution in [0.25, 0.3) is 6.08 Å². The number of hydrogen-bond donors (Lipinski definition) is 1. The van der Waals surface area contributed by atoms with Gasteiger partial charge in [0, 0.05) is 0 Å². The second-order valence-electron chi connectivity index (χ2n) is 5.08. The van der Waals surface area contributed by atoms with Crippen molar-refractivity contribution >= 4 is 29.7 Å². The summed E-state index contributed by atoms with van der Waals surface area (Å²) in [6, 6.07) is 14.7. The van der Waals surface area contributed by atoms with Crippen molar-refractivity contribution in [3.63, 3.8) is 0 Å². The zero-order valence-electron chi connectivity index (χ0n) is 12.9. The molecule has 1 N–H and O–H groups in total. The Kier molecular flexibility index (Phi) is 4.11. The molecule has 6 nitrogen and oxygen atoms in total. The third-order valence-electron chi connectivity index (χ3n) is 3.54. The van der Waals surface area contributed by atoms with E-state index in [4.69, 9.17) is 0 Å². The summed E-state index contributed by atoms with van der Waals surface area (Å²) in [6.07, 6.45) is 1.56. The quantitative estimate of drug-likeness (QED) is 0.535. The number of methoxy groups -OCH3 is 1. The average Bonchev–Trinajstić information content (AvgIpc) is 2.89. The molecule has 0 unspecified atom stereocenters. The number of nitrogens with one attached hydrogen (secondary N) is 1. The minimum Gasteiger partial charge on any atom is -0.465 e. The second-order valence-corrected chi connectivity index (χ2v) is 5.08. The number of urea groups is 1. The van der Waals surface area contributed by atoms with Crippen molar-refractivity contribution in [2.45, 2.75) is 0 Å². The average molecular weight is 322 g/mol. The third kappa shape index (κ3) is 2.89. The normalized spacial score (nSPS) is 15.5. The molecule has 3 rings (SSSR count). The number of anilines is 1. The Morgan fingerprint density at radius 3 is 2.33 bits per heavy atom. The van der Waals surface area contributed by atoms with Gasteiger partial charge in [-0.3, -0.25) is 4.79 Å². The molecule has 0 radical (unpaired) electrons. The Balaban J connectivity index is 1.85. The van der Waals surface area contributed by atoms with Gasteiger partial charge < -0.3 is 10.1 Å². The standard InChI is InChI=1S/C18H14N2O4/c1-24-17(22)13-9-7-12(8-10-13)11-15-16(21)20(18(23)19-15)14-5-3-2-4-6-14/h2-11H,1H3,(H,19,23)/b15-11-. The molecule has 2 aromatic rings. The van der Waals surface area contributed by atoms with Crippen molar-refractivity contribution in [1.29, 1.82) is 0 Å². The smallest absolute Gasteiger partial charge is 0.337 e. The van der Waals surface area contributed by atoms with Gasteiger partial charge in [-0.25, -0.2) is 14.5 Å². The van der Waals surface area contributed by atoms with Crippen LogP contribution in [0.2, 0.25) is 0 Å². The fourth-order valence-corrected chi connectivity index (χ4v) is 2.35. The van der Waals surface area contributed by atoms with Crippen LogP contribution in [-0.2, 0) is 9.53 Å². The van der Waals surface area contributed by atoms with Gasteiger partial charge in [0.15, 0.2) is 0 Å². The molecule has 1 aliphatic heterocycles. The predicted molar refractivity (Wildman–Crippen MR) is 88.2 cm³/mol. The number of amides is 3. The maximum absolute atomic E-state index is 12.4. The van der Waals surface area contributed by atoms with E-state index in [-0.39, 0.29) is 5.70 Å². The minimum atomic E-state index is -0.497. The van der Waals surface area contributed by atoms with E-state index in [0.717, 1.165) is 4.90 Å². The molecule has 1 saturated heterocycles. The number of esters is 1. The molecule has 0 spiro atoms. The highest BCUT2D eigenvalue weighted by atomic mass is 16.5.